The number of hydroxylamine groups is 2. The molecule has 40 heavy (non-hydrogen) atoms. The molecular weight excluding hydrogens is 538 g/mol. The minimum atomic E-state index is -3.67. The van der Waals surface area contributed by atoms with E-state index in [4.69, 9.17) is 19.7 Å². The van der Waals surface area contributed by atoms with Gasteiger partial charge < -0.3 is 14.9 Å². The molecule has 3 rings (SSSR count). The van der Waals surface area contributed by atoms with E-state index in [1.807, 2.05) is 51.1 Å². The molecule has 0 saturated heterocycles. The van der Waals surface area contributed by atoms with Gasteiger partial charge in [0.05, 0.1) is 19.1 Å². The molecule has 2 N–H and O–H groups in total. The molecule has 13 heteroatoms. The number of nitrogens with two attached hydrogens (primary N) is 1. The molecule has 0 saturated carbocycles. The molecule has 2 amide bonds. The first kappa shape index (κ1) is 30.6. The van der Waals surface area contributed by atoms with Gasteiger partial charge in [-0.15, -0.1) is 10.2 Å². The first-order valence-corrected chi connectivity index (χ1v) is 14.1. The van der Waals surface area contributed by atoms with E-state index < -0.39 is 39.0 Å². The van der Waals surface area contributed by atoms with Crippen molar-refractivity contribution in [1.29, 1.82) is 0 Å². The van der Waals surface area contributed by atoms with Crippen molar-refractivity contribution in [3.05, 3.63) is 65.5 Å². The Morgan fingerprint density at radius 3 is 2.17 bits per heavy atom. The van der Waals surface area contributed by atoms with Gasteiger partial charge in [-0.25, -0.2) is 18.3 Å². The van der Waals surface area contributed by atoms with Crippen molar-refractivity contribution in [2.45, 2.75) is 39.2 Å². The summed E-state index contributed by atoms with van der Waals surface area (Å²) in [5, 5.41) is 9.39. The average Bonchev–Trinajstić information content (AvgIpc) is 3.37. The number of benzene rings is 2. The number of nitrogens with zero attached hydrogens (tertiary/aromatic N) is 4. The summed E-state index contributed by atoms with van der Waals surface area (Å²) in [6.07, 6.45) is 0.00971. The fourth-order valence-electron chi connectivity index (χ4n) is 4.76. The van der Waals surface area contributed by atoms with Crippen LogP contribution in [0.15, 0.2) is 52.9 Å². The number of amides is 2. The lowest BCUT2D eigenvalue weighted by Crippen LogP contribution is -2.43. The standard InChI is InChI=1S/C27H35N5O7S/c1-26(2,3)21(17-12-10-9-11-13-17)27(4,39-25(28)34)24-30-29-22(38-24)18-14-19(23(33)31(5)37-7)16-20(15-18)32(6)40(8,35)36/h9-16,21H,1-8H3,(H2,28,34). The van der Waals surface area contributed by atoms with E-state index in [-0.39, 0.29) is 28.6 Å². The number of ether oxygens (including phenoxy) is 1. The quantitative estimate of drug-likeness (QED) is 0.375. The van der Waals surface area contributed by atoms with Gasteiger partial charge in [-0.2, -0.15) is 0 Å². The summed E-state index contributed by atoms with van der Waals surface area (Å²) in [5.41, 5.74) is 4.95. The molecule has 0 fully saturated rings. The van der Waals surface area contributed by atoms with Crippen LogP contribution in [-0.2, 0) is 25.2 Å². The molecule has 0 spiro atoms. The Morgan fingerprint density at radius 2 is 1.65 bits per heavy atom. The lowest BCUT2D eigenvalue weighted by Gasteiger charge is -2.41. The van der Waals surface area contributed by atoms with Crippen LogP contribution in [0, 0.1) is 5.41 Å². The molecule has 1 aromatic heterocycles. The lowest BCUT2D eigenvalue weighted by atomic mass is 9.67. The van der Waals surface area contributed by atoms with Gasteiger partial charge in [0, 0.05) is 31.1 Å². The van der Waals surface area contributed by atoms with Gasteiger partial charge >= 0.3 is 6.09 Å². The third-order valence-corrected chi connectivity index (χ3v) is 7.75. The zero-order valence-corrected chi connectivity index (χ0v) is 24.6. The van der Waals surface area contributed by atoms with E-state index in [0.717, 1.165) is 21.2 Å². The monoisotopic (exact) mass is 573 g/mol. The summed E-state index contributed by atoms with van der Waals surface area (Å²) in [5.74, 6) is -1.08. The third-order valence-electron chi connectivity index (χ3n) is 6.54. The Labute approximate surface area is 234 Å². The number of hydrogen-bond donors (Lipinski definition) is 1. The second kappa shape index (κ2) is 11.3. The summed E-state index contributed by atoms with van der Waals surface area (Å²) in [6, 6.07) is 13.8. The van der Waals surface area contributed by atoms with E-state index in [9.17, 15) is 18.0 Å². The molecule has 12 nitrogen and oxygen atoms in total. The Bertz CT molecular complexity index is 1480. The first-order valence-electron chi connectivity index (χ1n) is 12.3. The molecular formula is C27H35N5O7S. The number of aromatic nitrogens is 2. The minimum absolute atomic E-state index is 0.0335. The Kier molecular flexibility index (Phi) is 8.60. The molecule has 0 aliphatic carbocycles. The molecule has 0 radical (unpaired) electrons. The summed E-state index contributed by atoms with van der Waals surface area (Å²) >= 11 is 0. The zero-order chi connectivity index (χ0) is 30.0. The van der Waals surface area contributed by atoms with Crippen LogP contribution in [0.25, 0.3) is 11.5 Å². The zero-order valence-electron chi connectivity index (χ0n) is 23.8. The van der Waals surface area contributed by atoms with Crippen molar-refractivity contribution in [2.75, 3.05) is 31.8 Å². The van der Waals surface area contributed by atoms with E-state index in [2.05, 4.69) is 10.2 Å². The predicted molar refractivity (Wildman–Crippen MR) is 149 cm³/mol. The van der Waals surface area contributed by atoms with E-state index in [0.29, 0.717) is 0 Å². The SMILES string of the molecule is CON(C)C(=O)c1cc(-c2nnc(C(C)(OC(N)=O)C(c3ccccc3)C(C)(C)C)o2)cc(N(C)S(C)(=O)=O)c1. The van der Waals surface area contributed by atoms with Crippen LogP contribution in [0.2, 0.25) is 0 Å². The van der Waals surface area contributed by atoms with E-state index in [1.165, 1.54) is 39.4 Å². The van der Waals surface area contributed by atoms with Crippen molar-refractivity contribution in [3.63, 3.8) is 0 Å². The van der Waals surface area contributed by atoms with Gasteiger partial charge in [-0.05, 0) is 36.1 Å². The maximum absolute atomic E-state index is 12.9. The Morgan fingerprint density at radius 1 is 1.02 bits per heavy atom. The minimum Gasteiger partial charge on any atom is -0.433 e. The third kappa shape index (κ3) is 6.42. The molecule has 216 valence electrons. The number of anilines is 1. The number of primary amides is 1. The van der Waals surface area contributed by atoms with Crippen molar-refractivity contribution >= 4 is 27.7 Å². The molecule has 1 heterocycles. The number of sulfonamides is 1. The summed E-state index contributed by atoms with van der Waals surface area (Å²) < 4.78 is 37.4. The van der Waals surface area contributed by atoms with Gasteiger partial charge in [-0.3, -0.25) is 13.9 Å². The molecule has 2 aromatic carbocycles. The summed E-state index contributed by atoms with van der Waals surface area (Å²) in [6.45, 7) is 7.60. The van der Waals surface area contributed by atoms with Crippen molar-refractivity contribution in [3.8, 4) is 11.5 Å². The van der Waals surface area contributed by atoms with E-state index >= 15 is 0 Å². The largest absolute Gasteiger partial charge is 0.433 e. The molecule has 2 atom stereocenters. The van der Waals surface area contributed by atoms with Crippen molar-refractivity contribution in [2.24, 2.45) is 11.1 Å². The number of rotatable bonds is 9. The van der Waals surface area contributed by atoms with Crippen LogP contribution in [0.3, 0.4) is 0 Å². The molecule has 2 unspecified atom stereocenters. The van der Waals surface area contributed by atoms with Gasteiger partial charge in [0.2, 0.25) is 15.9 Å². The maximum Gasteiger partial charge on any atom is 0.405 e. The lowest BCUT2D eigenvalue weighted by molar-refractivity contribution is -0.0756. The average molecular weight is 574 g/mol. The Balaban J connectivity index is 2.23. The summed E-state index contributed by atoms with van der Waals surface area (Å²) in [7, 11) is 0.427. The normalized spacial score (nSPS) is 14.2. The van der Waals surface area contributed by atoms with Crippen molar-refractivity contribution < 1.29 is 32.0 Å². The number of carbonyl (C=O) groups is 2. The van der Waals surface area contributed by atoms with Gasteiger partial charge in [-0.1, -0.05) is 51.1 Å². The highest BCUT2D eigenvalue weighted by Crippen LogP contribution is 2.50. The Hall–Kier alpha value is -3.97. The smallest absolute Gasteiger partial charge is 0.405 e. The van der Waals surface area contributed by atoms with Crippen LogP contribution < -0.4 is 10.0 Å². The maximum atomic E-state index is 12.9. The molecule has 3 aromatic rings. The highest BCUT2D eigenvalue weighted by Gasteiger charge is 2.50. The van der Waals surface area contributed by atoms with Crippen LogP contribution >= 0.6 is 0 Å². The fourth-order valence-corrected chi connectivity index (χ4v) is 5.25. The second-order valence-corrected chi connectivity index (χ2v) is 12.6. The predicted octanol–water partition coefficient (Wildman–Crippen LogP) is 3.91. The molecule has 0 aliphatic rings. The molecule has 0 bridgehead atoms. The van der Waals surface area contributed by atoms with Gasteiger partial charge in [0.25, 0.3) is 11.8 Å². The first-order chi connectivity index (χ1) is 18.5. The number of carbonyl (C=O) groups excluding carboxylic acids is 2. The van der Waals surface area contributed by atoms with Crippen LogP contribution in [0.4, 0.5) is 10.5 Å². The fraction of sp³-hybridized carbons (Fsp3) is 0.407. The second-order valence-electron chi connectivity index (χ2n) is 10.6. The van der Waals surface area contributed by atoms with Crippen LogP contribution in [0.5, 0.6) is 0 Å². The number of hydrogen-bond acceptors (Lipinski definition) is 9. The summed E-state index contributed by atoms with van der Waals surface area (Å²) in [4.78, 5) is 30.1. The molecule has 0 aliphatic heterocycles. The van der Waals surface area contributed by atoms with Gasteiger partial charge in [0.15, 0.2) is 5.60 Å². The van der Waals surface area contributed by atoms with Gasteiger partial charge in [0.1, 0.15) is 0 Å². The highest BCUT2D eigenvalue weighted by atomic mass is 32.2. The highest BCUT2D eigenvalue weighted by molar-refractivity contribution is 7.92. The van der Waals surface area contributed by atoms with E-state index in [1.54, 1.807) is 6.92 Å². The van der Waals surface area contributed by atoms with Crippen LogP contribution in [-0.4, -0.2) is 63.1 Å². The van der Waals surface area contributed by atoms with Crippen LogP contribution in [0.1, 0.15) is 55.4 Å². The topological polar surface area (TPSA) is 158 Å². The van der Waals surface area contributed by atoms with Crippen molar-refractivity contribution in [1.82, 2.24) is 15.3 Å².